The van der Waals surface area contributed by atoms with E-state index in [-0.39, 0.29) is 25.8 Å². The van der Waals surface area contributed by atoms with E-state index in [1.807, 2.05) is 22.9 Å². The molecule has 4 fully saturated rings. The molecule has 0 unspecified atom stereocenters. The van der Waals surface area contributed by atoms with Crippen molar-refractivity contribution in [2.45, 2.75) is 71.5 Å². The Balaban J connectivity index is 1.13. The third kappa shape index (κ3) is 8.85. The number of nitrogens with zero attached hydrogens (tertiary/aromatic N) is 5. The maximum Gasteiger partial charge on any atom is 0.410 e. The Bertz CT molecular complexity index is 1490. The van der Waals surface area contributed by atoms with Crippen LogP contribution in [0, 0.1) is 0 Å². The Labute approximate surface area is 328 Å². The number of carbonyl (C=O) groups excluding carboxylic acids is 3. The number of rotatable bonds is 8. The van der Waals surface area contributed by atoms with Gasteiger partial charge in [-0.1, -0.05) is 75.0 Å². The fourth-order valence-electron chi connectivity index (χ4n) is 7.98. The number of alkyl halides is 2. The van der Waals surface area contributed by atoms with Crippen molar-refractivity contribution in [1.29, 1.82) is 0 Å². The zero-order valence-corrected chi connectivity index (χ0v) is 34.4. The van der Waals surface area contributed by atoms with Crippen LogP contribution >= 0.6 is 56.8 Å². The normalized spacial score (nSPS) is 22.4. The van der Waals surface area contributed by atoms with Gasteiger partial charge in [-0.3, -0.25) is 9.69 Å². The molecule has 1 atom stereocenters. The lowest BCUT2D eigenvalue weighted by Gasteiger charge is -2.42. The number of hydrogen-bond donors (Lipinski definition) is 2. The van der Waals surface area contributed by atoms with Gasteiger partial charge in [-0.05, 0) is 69.7 Å². The van der Waals surface area contributed by atoms with Gasteiger partial charge in [0, 0.05) is 95.7 Å². The monoisotopic (exact) mass is 933 g/mol. The predicted molar refractivity (Wildman–Crippen MR) is 214 cm³/mol. The van der Waals surface area contributed by atoms with Crippen LogP contribution in [0.25, 0.3) is 0 Å². The third-order valence-electron chi connectivity index (χ3n) is 11.0. The largest absolute Gasteiger partial charge is 0.436 e. The van der Waals surface area contributed by atoms with Gasteiger partial charge in [-0.2, -0.15) is 0 Å². The maximum absolute atomic E-state index is 14.2. The lowest BCUT2D eigenvalue weighted by molar-refractivity contribution is -0.142. The average molecular weight is 934 g/mol. The Hall–Kier alpha value is -1.82. The zero-order valence-electron chi connectivity index (χ0n) is 29.4. The van der Waals surface area contributed by atoms with Crippen LogP contribution in [0.15, 0.2) is 35.6 Å². The second-order valence-corrected chi connectivity index (χ2v) is 21.1. The highest BCUT2D eigenvalue weighted by Gasteiger charge is 2.37. The molecule has 11 nitrogen and oxygen atoms in total. The summed E-state index contributed by atoms with van der Waals surface area (Å²) in [6.07, 6.45) is 7.87. The smallest absolute Gasteiger partial charge is 0.410 e. The molecule has 4 aliphatic heterocycles. The van der Waals surface area contributed by atoms with Crippen LogP contribution in [-0.2, 0) is 17.4 Å². The number of halogens is 3. The first kappa shape index (κ1) is 37.9. The maximum atomic E-state index is 14.2. The minimum absolute atomic E-state index is 0.0419. The van der Waals surface area contributed by atoms with Gasteiger partial charge in [0.15, 0.2) is 6.10 Å². The minimum atomic E-state index is -0.975. The first-order valence-corrected chi connectivity index (χ1v) is 20.5. The molecule has 0 aromatic heterocycles. The number of fused-ring (bicyclic) bond motifs is 1. The highest BCUT2D eigenvalue weighted by molar-refractivity contribution is 14.2. The number of ether oxygens (including phenoxy) is 1. The molecule has 0 bridgehead atoms. The van der Waals surface area contributed by atoms with Crippen LogP contribution in [0.2, 0.25) is 5.02 Å². The number of carbonyl (C=O) groups is 3. The molecule has 5 aliphatic rings. The van der Waals surface area contributed by atoms with Gasteiger partial charge in [0.1, 0.15) is 0 Å². The average Bonchev–Trinajstić information content (AvgIpc) is 3.47. The molecule has 50 heavy (non-hydrogen) atoms. The Morgan fingerprint density at radius 3 is 2.30 bits per heavy atom. The number of allylic oxidation sites excluding steroid dienone is 3. The van der Waals surface area contributed by atoms with E-state index in [2.05, 4.69) is 97.8 Å². The van der Waals surface area contributed by atoms with E-state index >= 15 is 0 Å². The second kappa shape index (κ2) is 16.5. The number of amides is 4. The summed E-state index contributed by atoms with van der Waals surface area (Å²) in [5, 5.41) is 6.87. The third-order valence-corrected chi connectivity index (χ3v) is 12.4. The van der Waals surface area contributed by atoms with E-state index in [0.717, 1.165) is 74.4 Å². The number of benzene rings is 1. The number of piperidine rings is 2. The zero-order chi connectivity index (χ0) is 35.6. The highest BCUT2D eigenvalue weighted by atomic mass is 127. The molecule has 0 spiro atoms. The van der Waals surface area contributed by atoms with Crippen LogP contribution < -0.4 is 10.6 Å². The van der Waals surface area contributed by atoms with Gasteiger partial charge in [-0.25, -0.2) is 9.59 Å². The number of urea groups is 1. The quantitative estimate of drug-likeness (QED) is 0.251. The van der Waals surface area contributed by atoms with Crippen molar-refractivity contribution in [1.82, 2.24) is 29.8 Å². The summed E-state index contributed by atoms with van der Waals surface area (Å²) < 4.78 is 5.91. The predicted octanol–water partition coefficient (Wildman–Crippen LogP) is 5.80. The van der Waals surface area contributed by atoms with Crippen LogP contribution in [0.1, 0.15) is 56.6 Å². The van der Waals surface area contributed by atoms with Crippen LogP contribution in [0.4, 0.5) is 15.3 Å². The summed E-state index contributed by atoms with van der Waals surface area (Å²) in [6, 6.07) is 4.39. The van der Waals surface area contributed by atoms with Gasteiger partial charge in [0.2, 0.25) is 0 Å². The summed E-state index contributed by atoms with van der Waals surface area (Å²) in [7, 11) is 4.02. The molecule has 1 aromatic carbocycles. The van der Waals surface area contributed by atoms with Crippen LogP contribution in [0.5, 0.6) is 0 Å². The first-order valence-electron chi connectivity index (χ1n) is 17.9. The minimum Gasteiger partial charge on any atom is -0.436 e. The summed E-state index contributed by atoms with van der Waals surface area (Å²) in [4.78, 5) is 51.5. The number of likely N-dealkylation sites (N-methyl/N-ethyl adjacent to an activating group) is 1. The van der Waals surface area contributed by atoms with Crippen molar-refractivity contribution in [2.24, 2.45) is 0 Å². The lowest BCUT2D eigenvalue weighted by Crippen LogP contribution is -2.54. The number of likely N-dealkylation sites (tertiary alicyclic amines) is 2. The molecule has 6 rings (SSSR count). The van der Waals surface area contributed by atoms with E-state index < -0.39 is 12.2 Å². The summed E-state index contributed by atoms with van der Waals surface area (Å²) in [5.74, 6) is -0.150. The summed E-state index contributed by atoms with van der Waals surface area (Å²) >= 11 is 11.5. The van der Waals surface area contributed by atoms with E-state index in [0.29, 0.717) is 56.6 Å². The number of anilines is 1. The van der Waals surface area contributed by atoms with Crippen molar-refractivity contribution in [2.75, 3.05) is 78.3 Å². The molecule has 0 radical (unpaired) electrons. The molecule has 14 heteroatoms. The fourth-order valence-corrected chi connectivity index (χ4v) is 9.17. The van der Waals surface area contributed by atoms with E-state index in [1.165, 1.54) is 5.57 Å². The van der Waals surface area contributed by atoms with Gasteiger partial charge < -0.3 is 35.0 Å². The molecule has 4 heterocycles. The Morgan fingerprint density at radius 2 is 1.64 bits per heavy atom. The first-order chi connectivity index (χ1) is 23.9. The van der Waals surface area contributed by atoms with E-state index in [4.69, 9.17) is 16.3 Å². The fraction of sp³-hybridized carbons (Fsp3) is 0.639. The van der Waals surface area contributed by atoms with E-state index in [9.17, 15) is 14.4 Å². The van der Waals surface area contributed by atoms with Crippen LogP contribution in [-0.4, -0.2) is 134 Å². The SMILES string of the molecule is CNc1c(Cl)cc(C[C@@H](OC(=O)N2CCC(N3CCC4=CCC=C4NC3=O)CC2)C(=O)N2CCC(N3CCN(C)CC3)CC2)cc1C(C)(I)I. The van der Waals surface area contributed by atoms with Crippen molar-refractivity contribution < 1.29 is 19.1 Å². The molecule has 2 N–H and O–H groups in total. The number of piperazine rings is 1. The molecular formula is C36H50ClI2N7O4. The Morgan fingerprint density at radius 1 is 0.980 bits per heavy atom. The molecule has 274 valence electrons. The number of nitrogens with one attached hydrogen (secondary N) is 2. The van der Waals surface area contributed by atoms with Crippen LogP contribution in [0.3, 0.4) is 0 Å². The summed E-state index contributed by atoms with van der Waals surface area (Å²) in [5.41, 5.74) is 4.86. The van der Waals surface area contributed by atoms with Crippen molar-refractivity contribution in [3.63, 3.8) is 0 Å². The topological polar surface area (TPSA) is 101 Å². The van der Waals surface area contributed by atoms with Gasteiger partial charge in [0.25, 0.3) is 5.91 Å². The molecule has 0 saturated carbocycles. The van der Waals surface area contributed by atoms with Gasteiger partial charge >= 0.3 is 12.1 Å². The molecular weight excluding hydrogens is 884 g/mol. The second-order valence-electron chi connectivity index (χ2n) is 14.3. The van der Waals surface area contributed by atoms with Crippen molar-refractivity contribution in [3.8, 4) is 0 Å². The Kier molecular flexibility index (Phi) is 12.5. The number of hydrogen-bond acceptors (Lipinski definition) is 7. The van der Waals surface area contributed by atoms with Gasteiger partial charge in [-0.15, -0.1) is 0 Å². The van der Waals surface area contributed by atoms with Crippen molar-refractivity contribution in [3.05, 3.63) is 51.7 Å². The van der Waals surface area contributed by atoms with Gasteiger partial charge in [0.05, 0.1) is 12.1 Å². The standard InChI is InChI=1S/C36H50ClI2N7O4/c1-36(38,39)28-21-24(22-29(37)32(28)40-2)23-31(33(47)44-12-8-26(9-13-44)43-19-17-42(3)18-20-43)50-35(49)45-14-10-27(11-15-45)46-16-7-25-5-4-6-30(25)41-34(46)48/h5-6,21-22,26-27,31,40H,4,7-20,23H2,1-3H3,(H,41,48)/t31-/m1/s1. The molecule has 1 aromatic rings. The van der Waals surface area contributed by atoms with Crippen molar-refractivity contribution >= 4 is 80.5 Å². The molecule has 4 amide bonds. The van der Waals surface area contributed by atoms with E-state index in [1.54, 1.807) is 4.90 Å². The highest BCUT2D eigenvalue weighted by Crippen LogP contribution is 2.45. The molecule has 4 saturated heterocycles. The lowest BCUT2D eigenvalue weighted by atomic mass is 9.99. The summed E-state index contributed by atoms with van der Waals surface area (Å²) in [6.45, 7) is 9.24. The molecule has 1 aliphatic carbocycles.